The van der Waals surface area contributed by atoms with Gasteiger partial charge in [-0.15, -0.1) is 10.2 Å². The van der Waals surface area contributed by atoms with Crippen LogP contribution in [0.15, 0.2) is 49.1 Å². The van der Waals surface area contributed by atoms with Crippen molar-refractivity contribution in [1.82, 2.24) is 39.7 Å². The highest BCUT2D eigenvalue weighted by atomic mass is 16.7. The van der Waals surface area contributed by atoms with Gasteiger partial charge in [-0.3, -0.25) is 14.6 Å². The summed E-state index contributed by atoms with van der Waals surface area (Å²) in [6.07, 6.45) is 6.07. The second kappa shape index (κ2) is 9.70. The molecule has 2 aliphatic heterocycles. The zero-order valence-corrected chi connectivity index (χ0v) is 22.1. The number of likely N-dealkylation sites (tertiary alicyclic amines) is 1. The minimum absolute atomic E-state index is 0.0609. The van der Waals surface area contributed by atoms with Gasteiger partial charge in [0.05, 0.1) is 23.1 Å². The van der Waals surface area contributed by atoms with E-state index < -0.39 is 0 Å². The van der Waals surface area contributed by atoms with Crippen LogP contribution in [-0.2, 0) is 0 Å². The standard InChI is InChI=1S/C28H25N9O4/c1-15(38)23-24(16-6-8-36(9-7-16)28(39)26-31-13-32-35-26)34-27-19(12-33-37(27)25(23)29)18-2-4-20(30-11-18)17-3-5-21-22(10-17)41-14-40-21/h2-5,10-13,16H,6-9,14,29H2,1H3,(H,31,32,35). The van der Waals surface area contributed by atoms with Gasteiger partial charge in [0.1, 0.15) is 12.1 Å². The second-order valence-electron chi connectivity index (χ2n) is 10.0. The number of pyridine rings is 1. The van der Waals surface area contributed by atoms with Crippen LogP contribution in [0, 0.1) is 0 Å². The normalized spacial score (nSPS) is 15.0. The third-order valence-corrected chi connectivity index (χ3v) is 7.59. The van der Waals surface area contributed by atoms with E-state index in [-0.39, 0.29) is 36.0 Å². The third kappa shape index (κ3) is 4.22. The van der Waals surface area contributed by atoms with E-state index in [0.717, 1.165) is 22.4 Å². The first-order valence-corrected chi connectivity index (χ1v) is 13.2. The number of carbonyl (C=O) groups is 2. The number of carbonyl (C=O) groups excluding carboxylic acids is 2. The third-order valence-electron chi connectivity index (χ3n) is 7.59. The van der Waals surface area contributed by atoms with Gasteiger partial charge in [0.25, 0.3) is 5.91 Å². The lowest BCUT2D eigenvalue weighted by Crippen LogP contribution is -2.39. The van der Waals surface area contributed by atoms with Crippen molar-refractivity contribution in [2.75, 3.05) is 25.6 Å². The Morgan fingerprint density at radius 2 is 1.85 bits per heavy atom. The van der Waals surface area contributed by atoms with Crippen molar-refractivity contribution in [2.24, 2.45) is 0 Å². The number of aromatic amines is 1. The summed E-state index contributed by atoms with van der Waals surface area (Å²) in [6.45, 7) is 2.68. The molecule has 13 nitrogen and oxygen atoms in total. The minimum atomic E-state index is -0.203. The smallest absolute Gasteiger partial charge is 0.291 e. The molecule has 0 unspecified atom stereocenters. The number of anilines is 1. The molecule has 0 atom stereocenters. The number of hydrogen-bond acceptors (Lipinski definition) is 10. The average molecular weight is 552 g/mol. The molecule has 5 aromatic rings. The molecule has 0 saturated carbocycles. The number of ketones is 1. The summed E-state index contributed by atoms with van der Waals surface area (Å²) in [5.41, 5.74) is 11.3. The Morgan fingerprint density at radius 3 is 2.59 bits per heavy atom. The lowest BCUT2D eigenvalue weighted by atomic mass is 9.89. The summed E-state index contributed by atoms with van der Waals surface area (Å²) in [7, 11) is 0. The van der Waals surface area contributed by atoms with Crippen molar-refractivity contribution in [1.29, 1.82) is 0 Å². The largest absolute Gasteiger partial charge is 0.454 e. The van der Waals surface area contributed by atoms with E-state index in [1.165, 1.54) is 17.8 Å². The summed E-state index contributed by atoms with van der Waals surface area (Å²) < 4.78 is 12.4. The highest BCUT2D eigenvalue weighted by Crippen LogP contribution is 2.37. The summed E-state index contributed by atoms with van der Waals surface area (Å²) in [5, 5.41) is 12.0. The number of benzene rings is 1. The highest BCUT2D eigenvalue weighted by Gasteiger charge is 2.31. The van der Waals surface area contributed by atoms with Gasteiger partial charge < -0.3 is 25.1 Å². The van der Waals surface area contributed by atoms with Gasteiger partial charge >= 0.3 is 0 Å². The average Bonchev–Trinajstić information content (AvgIpc) is 3.77. The maximum atomic E-state index is 12.7. The fourth-order valence-electron chi connectivity index (χ4n) is 5.49. The van der Waals surface area contributed by atoms with Crippen LogP contribution < -0.4 is 15.2 Å². The van der Waals surface area contributed by atoms with E-state index in [1.54, 1.807) is 17.3 Å². The predicted octanol–water partition coefficient (Wildman–Crippen LogP) is 3.11. The molecule has 41 heavy (non-hydrogen) atoms. The first-order chi connectivity index (χ1) is 20.0. The van der Waals surface area contributed by atoms with Crippen molar-refractivity contribution in [3.8, 4) is 33.9 Å². The Labute approximate surface area is 233 Å². The first kappa shape index (κ1) is 24.7. The molecule has 0 bridgehead atoms. The second-order valence-corrected chi connectivity index (χ2v) is 10.0. The van der Waals surface area contributed by atoms with Crippen molar-refractivity contribution in [3.05, 3.63) is 66.1 Å². The summed E-state index contributed by atoms with van der Waals surface area (Å²) >= 11 is 0. The molecule has 1 aromatic carbocycles. The number of nitrogen functional groups attached to an aromatic ring is 1. The van der Waals surface area contributed by atoms with Gasteiger partial charge in [-0.2, -0.15) is 9.61 Å². The van der Waals surface area contributed by atoms with Crippen molar-refractivity contribution in [2.45, 2.75) is 25.7 Å². The van der Waals surface area contributed by atoms with Crippen LogP contribution in [0.3, 0.4) is 0 Å². The Kier molecular flexibility index (Phi) is 5.84. The van der Waals surface area contributed by atoms with Crippen LogP contribution in [0.1, 0.15) is 52.4 Å². The molecule has 13 heteroatoms. The van der Waals surface area contributed by atoms with Crippen molar-refractivity contribution in [3.63, 3.8) is 0 Å². The zero-order valence-electron chi connectivity index (χ0n) is 22.1. The molecule has 1 amide bonds. The molecule has 0 spiro atoms. The Morgan fingerprint density at radius 1 is 1.05 bits per heavy atom. The number of ether oxygens (including phenoxy) is 2. The van der Waals surface area contributed by atoms with Gasteiger partial charge in [-0.1, -0.05) is 6.07 Å². The number of fused-ring (bicyclic) bond motifs is 2. The Hall–Kier alpha value is -5.33. The predicted molar refractivity (Wildman–Crippen MR) is 146 cm³/mol. The molecular formula is C28H25N9O4. The summed E-state index contributed by atoms with van der Waals surface area (Å²) in [6, 6.07) is 9.59. The van der Waals surface area contributed by atoms with E-state index in [9.17, 15) is 9.59 Å². The Balaban J connectivity index is 1.20. The molecule has 2 aliphatic rings. The van der Waals surface area contributed by atoms with E-state index in [0.29, 0.717) is 54.3 Å². The van der Waals surface area contributed by atoms with E-state index in [2.05, 4.69) is 25.3 Å². The van der Waals surface area contributed by atoms with E-state index in [4.69, 9.17) is 20.2 Å². The van der Waals surface area contributed by atoms with Crippen LogP contribution in [0.4, 0.5) is 5.82 Å². The van der Waals surface area contributed by atoms with Crippen LogP contribution in [0.25, 0.3) is 28.0 Å². The molecule has 6 heterocycles. The molecule has 206 valence electrons. The molecule has 1 saturated heterocycles. The number of nitrogens with zero attached hydrogens (tertiary/aromatic N) is 7. The van der Waals surface area contributed by atoms with E-state index in [1.807, 2.05) is 30.3 Å². The van der Waals surface area contributed by atoms with Gasteiger partial charge in [0, 0.05) is 41.9 Å². The number of amides is 1. The highest BCUT2D eigenvalue weighted by molar-refractivity contribution is 6.00. The molecule has 1 fully saturated rings. The van der Waals surface area contributed by atoms with Gasteiger partial charge in [0.15, 0.2) is 22.9 Å². The SMILES string of the molecule is CC(=O)c1c(C2CCN(C(=O)c3nnc[nH]3)CC2)nc2c(-c3ccc(-c4ccc5c(c4)OCO5)nc3)cnn2c1N. The lowest BCUT2D eigenvalue weighted by Gasteiger charge is -2.32. The van der Waals surface area contributed by atoms with E-state index >= 15 is 0 Å². The number of nitrogens with two attached hydrogens (primary N) is 1. The Bertz CT molecular complexity index is 1790. The maximum absolute atomic E-state index is 12.7. The lowest BCUT2D eigenvalue weighted by molar-refractivity contribution is 0.0699. The zero-order chi connectivity index (χ0) is 28.1. The summed E-state index contributed by atoms with van der Waals surface area (Å²) in [4.78, 5) is 39.6. The van der Waals surface area contributed by atoms with Crippen LogP contribution in [0.5, 0.6) is 11.5 Å². The fraction of sp³-hybridized carbons (Fsp3) is 0.250. The van der Waals surface area contributed by atoms with Gasteiger partial charge in [-0.25, -0.2) is 4.98 Å². The van der Waals surface area contributed by atoms with Crippen molar-refractivity contribution < 1.29 is 19.1 Å². The first-order valence-electron chi connectivity index (χ1n) is 13.2. The number of rotatable bonds is 5. The summed E-state index contributed by atoms with van der Waals surface area (Å²) in [5.74, 6) is 1.41. The van der Waals surface area contributed by atoms with Crippen LogP contribution in [0.2, 0.25) is 0 Å². The van der Waals surface area contributed by atoms with Crippen molar-refractivity contribution >= 4 is 23.2 Å². The molecule has 0 radical (unpaired) electrons. The maximum Gasteiger partial charge on any atom is 0.291 e. The molecule has 0 aliphatic carbocycles. The topological polar surface area (TPSA) is 167 Å². The molecule has 7 rings (SSSR count). The molecule has 3 N–H and O–H groups in total. The molecule has 4 aromatic heterocycles. The van der Waals surface area contributed by atoms with Crippen LogP contribution in [-0.4, -0.2) is 71.2 Å². The number of H-pyrrole nitrogens is 1. The van der Waals surface area contributed by atoms with Crippen LogP contribution >= 0.6 is 0 Å². The fourth-order valence-corrected chi connectivity index (χ4v) is 5.49. The number of aromatic nitrogens is 7. The number of nitrogens with one attached hydrogen (secondary N) is 1. The van der Waals surface area contributed by atoms with Gasteiger partial charge in [0.2, 0.25) is 12.6 Å². The monoisotopic (exact) mass is 551 g/mol. The number of piperidine rings is 1. The number of Topliss-reactive ketones (excluding diaryl/α,β-unsaturated/α-hetero) is 1. The number of hydrogen-bond donors (Lipinski definition) is 2. The quantitative estimate of drug-likeness (QED) is 0.310. The molecular weight excluding hydrogens is 526 g/mol. The minimum Gasteiger partial charge on any atom is -0.454 e. The van der Waals surface area contributed by atoms with Gasteiger partial charge in [-0.05, 0) is 44.0 Å².